The summed E-state index contributed by atoms with van der Waals surface area (Å²) < 4.78 is 8.14. The monoisotopic (exact) mass is 373 g/mol. The minimum absolute atomic E-state index is 0.152. The van der Waals surface area contributed by atoms with E-state index in [0.717, 1.165) is 56.8 Å². The van der Waals surface area contributed by atoms with Crippen molar-refractivity contribution in [2.24, 2.45) is 7.05 Å². The number of likely N-dealkylation sites (tertiary alicyclic amines) is 1. The molecule has 2 aromatic rings. The molecule has 1 fully saturated rings. The van der Waals surface area contributed by atoms with Crippen LogP contribution in [-0.4, -0.2) is 40.3 Å². The van der Waals surface area contributed by atoms with Crippen molar-refractivity contribution in [2.75, 3.05) is 19.7 Å². The Hall–Kier alpha value is -1.66. The zero-order chi connectivity index (χ0) is 18.3. The second-order valence-corrected chi connectivity index (χ2v) is 8.50. The van der Waals surface area contributed by atoms with Crippen LogP contribution >= 0.6 is 11.3 Å². The lowest BCUT2D eigenvalue weighted by Crippen LogP contribution is -2.48. The number of hydrogen-bond acceptors (Lipinski definition) is 4. The molecule has 0 atom stereocenters. The number of hydrogen-bond donors (Lipinski definition) is 0. The molecule has 1 saturated heterocycles. The number of thiophene rings is 1. The van der Waals surface area contributed by atoms with Crippen molar-refractivity contribution in [1.82, 2.24) is 14.7 Å². The number of aryl methyl sites for hydroxylation is 2. The number of rotatable bonds is 3. The van der Waals surface area contributed by atoms with Crippen LogP contribution in [0.3, 0.4) is 0 Å². The van der Waals surface area contributed by atoms with Crippen molar-refractivity contribution in [3.05, 3.63) is 38.8 Å². The van der Waals surface area contributed by atoms with E-state index >= 15 is 0 Å². The lowest BCUT2D eigenvalue weighted by atomic mass is 9.82. The molecular formula is C20H27N3O2S. The van der Waals surface area contributed by atoms with Gasteiger partial charge in [-0.3, -0.25) is 9.48 Å². The fourth-order valence-electron chi connectivity index (χ4n) is 4.46. The maximum absolute atomic E-state index is 12.7. The first-order valence-corrected chi connectivity index (χ1v) is 10.4. The van der Waals surface area contributed by atoms with Crippen molar-refractivity contribution in [2.45, 2.75) is 51.6 Å². The van der Waals surface area contributed by atoms with E-state index in [2.05, 4.69) is 23.5 Å². The smallest absolute Gasteiger partial charge is 0.222 e. The first-order valence-electron chi connectivity index (χ1n) is 9.48. The van der Waals surface area contributed by atoms with E-state index in [1.54, 1.807) is 0 Å². The highest BCUT2D eigenvalue weighted by molar-refractivity contribution is 7.10. The number of nitrogens with zero attached hydrogens (tertiary/aromatic N) is 3. The van der Waals surface area contributed by atoms with Crippen LogP contribution in [0.1, 0.15) is 46.7 Å². The Kier molecular flexibility index (Phi) is 4.65. The summed E-state index contributed by atoms with van der Waals surface area (Å²) in [6.07, 6.45) is 4.18. The average molecular weight is 374 g/mol. The summed E-state index contributed by atoms with van der Waals surface area (Å²) in [7, 11) is 1.96. The molecular weight excluding hydrogens is 346 g/mol. The molecule has 0 unspecified atom stereocenters. The van der Waals surface area contributed by atoms with Gasteiger partial charge >= 0.3 is 0 Å². The van der Waals surface area contributed by atoms with Crippen molar-refractivity contribution >= 4 is 17.2 Å². The van der Waals surface area contributed by atoms with Crippen LogP contribution in [0.15, 0.2) is 11.4 Å². The Labute approximate surface area is 159 Å². The van der Waals surface area contributed by atoms with Gasteiger partial charge in [0, 0.05) is 43.5 Å². The van der Waals surface area contributed by atoms with Crippen molar-refractivity contribution in [3.8, 4) is 0 Å². The lowest BCUT2D eigenvalue weighted by Gasteiger charge is -2.44. The molecule has 0 bridgehead atoms. The molecule has 0 radical (unpaired) electrons. The van der Waals surface area contributed by atoms with Crippen LogP contribution in [0.5, 0.6) is 0 Å². The number of ether oxygens (including phenoxy) is 1. The second kappa shape index (κ2) is 6.82. The number of fused-ring (bicyclic) bond motifs is 2. The van der Waals surface area contributed by atoms with Gasteiger partial charge in [-0.2, -0.15) is 5.10 Å². The first-order chi connectivity index (χ1) is 12.5. The molecule has 0 N–H and O–H groups in total. The van der Waals surface area contributed by atoms with Crippen molar-refractivity contribution < 1.29 is 9.53 Å². The van der Waals surface area contributed by atoms with Gasteiger partial charge in [0.15, 0.2) is 0 Å². The van der Waals surface area contributed by atoms with Gasteiger partial charge in [0.2, 0.25) is 5.91 Å². The quantitative estimate of drug-likeness (QED) is 0.830. The van der Waals surface area contributed by atoms with E-state index in [1.165, 1.54) is 16.0 Å². The van der Waals surface area contributed by atoms with Crippen LogP contribution in [0.4, 0.5) is 0 Å². The molecule has 0 aliphatic carbocycles. The van der Waals surface area contributed by atoms with Gasteiger partial charge in [0.25, 0.3) is 0 Å². The number of carbonyl (C=O) groups is 1. The standard InChI is InChI=1S/C20H27N3O2S/c1-14-16(15(2)22(3)21-14)4-5-19(24)23-10-8-20(9-11-23)17-7-13-26-18(17)6-12-25-20/h7,13H,4-6,8-12H2,1-3H3. The Morgan fingerprint density at radius 2 is 2.12 bits per heavy atom. The lowest BCUT2D eigenvalue weighted by molar-refractivity contribution is -0.140. The summed E-state index contributed by atoms with van der Waals surface area (Å²) in [5, 5.41) is 6.63. The molecule has 6 heteroatoms. The van der Waals surface area contributed by atoms with Gasteiger partial charge in [-0.05, 0) is 55.7 Å². The number of amides is 1. The van der Waals surface area contributed by atoms with Crippen LogP contribution in [0, 0.1) is 13.8 Å². The van der Waals surface area contributed by atoms with E-state index < -0.39 is 0 Å². The third kappa shape index (κ3) is 2.99. The summed E-state index contributed by atoms with van der Waals surface area (Å²) in [6, 6.07) is 2.23. The van der Waals surface area contributed by atoms with Crippen LogP contribution in [0.2, 0.25) is 0 Å². The van der Waals surface area contributed by atoms with Crippen molar-refractivity contribution in [1.29, 1.82) is 0 Å². The topological polar surface area (TPSA) is 47.4 Å². The number of carbonyl (C=O) groups excluding carboxylic acids is 1. The van der Waals surface area contributed by atoms with Gasteiger partial charge in [0.05, 0.1) is 17.9 Å². The molecule has 2 aromatic heterocycles. The number of piperidine rings is 1. The molecule has 1 amide bonds. The maximum Gasteiger partial charge on any atom is 0.222 e. The maximum atomic E-state index is 12.7. The minimum Gasteiger partial charge on any atom is -0.370 e. The van der Waals surface area contributed by atoms with E-state index in [1.807, 2.05) is 34.9 Å². The summed E-state index contributed by atoms with van der Waals surface area (Å²) in [4.78, 5) is 16.2. The summed E-state index contributed by atoms with van der Waals surface area (Å²) in [5.74, 6) is 0.254. The average Bonchev–Trinajstić information content (AvgIpc) is 3.20. The molecule has 5 nitrogen and oxygen atoms in total. The Morgan fingerprint density at radius 1 is 1.35 bits per heavy atom. The molecule has 26 heavy (non-hydrogen) atoms. The third-order valence-electron chi connectivity index (χ3n) is 6.12. The molecule has 1 spiro atoms. The van der Waals surface area contributed by atoms with Crippen LogP contribution < -0.4 is 0 Å². The van der Waals surface area contributed by atoms with Crippen LogP contribution in [-0.2, 0) is 35.0 Å². The summed E-state index contributed by atoms with van der Waals surface area (Å²) in [6.45, 7) is 6.49. The summed E-state index contributed by atoms with van der Waals surface area (Å²) >= 11 is 1.84. The fraction of sp³-hybridized carbons (Fsp3) is 0.600. The molecule has 4 rings (SSSR count). The normalized spacial score (nSPS) is 19.0. The summed E-state index contributed by atoms with van der Waals surface area (Å²) in [5.41, 5.74) is 4.64. The SMILES string of the molecule is Cc1nn(C)c(C)c1CCC(=O)N1CCC2(CC1)OCCc1sccc12. The van der Waals surface area contributed by atoms with E-state index in [9.17, 15) is 4.79 Å². The van der Waals surface area contributed by atoms with E-state index in [4.69, 9.17) is 4.74 Å². The van der Waals surface area contributed by atoms with Gasteiger partial charge < -0.3 is 9.64 Å². The highest BCUT2D eigenvalue weighted by Gasteiger charge is 2.42. The van der Waals surface area contributed by atoms with Crippen molar-refractivity contribution in [3.63, 3.8) is 0 Å². The Bertz CT molecular complexity index is 815. The van der Waals surface area contributed by atoms with Gasteiger partial charge in [0.1, 0.15) is 0 Å². The number of aromatic nitrogens is 2. The molecule has 2 aliphatic rings. The highest BCUT2D eigenvalue weighted by Crippen LogP contribution is 2.43. The van der Waals surface area contributed by atoms with Gasteiger partial charge in [-0.25, -0.2) is 0 Å². The van der Waals surface area contributed by atoms with E-state index in [0.29, 0.717) is 6.42 Å². The molecule has 0 aromatic carbocycles. The first kappa shape index (κ1) is 17.7. The van der Waals surface area contributed by atoms with E-state index in [-0.39, 0.29) is 11.5 Å². The van der Waals surface area contributed by atoms with Crippen LogP contribution in [0.25, 0.3) is 0 Å². The largest absolute Gasteiger partial charge is 0.370 e. The van der Waals surface area contributed by atoms with Gasteiger partial charge in [-0.1, -0.05) is 0 Å². The fourth-order valence-corrected chi connectivity index (χ4v) is 5.41. The molecule has 0 saturated carbocycles. The second-order valence-electron chi connectivity index (χ2n) is 7.50. The zero-order valence-electron chi connectivity index (χ0n) is 15.9. The predicted molar refractivity (Wildman–Crippen MR) is 102 cm³/mol. The third-order valence-corrected chi connectivity index (χ3v) is 7.10. The zero-order valence-corrected chi connectivity index (χ0v) is 16.7. The Morgan fingerprint density at radius 3 is 2.81 bits per heavy atom. The molecule has 4 heterocycles. The minimum atomic E-state index is -0.152. The highest BCUT2D eigenvalue weighted by atomic mass is 32.1. The molecule has 2 aliphatic heterocycles. The molecule has 140 valence electrons. The Balaban J connectivity index is 1.37. The predicted octanol–water partition coefficient (Wildman–Crippen LogP) is 3.12. The van der Waals surface area contributed by atoms with Gasteiger partial charge in [-0.15, -0.1) is 11.3 Å².